The first kappa shape index (κ1) is 21.0. The van der Waals surface area contributed by atoms with Gasteiger partial charge < -0.3 is 9.64 Å². The molecule has 2 heterocycles. The van der Waals surface area contributed by atoms with Crippen molar-refractivity contribution in [2.24, 2.45) is 0 Å². The van der Waals surface area contributed by atoms with Crippen molar-refractivity contribution >= 4 is 50.3 Å². The monoisotopic (exact) mass is 466 g/mol. The van der Waals surface area contributed by atoms with Gasteiger partial charge in [0.15, 0.2) is 6.10 Å². The molecule has 2 aromatic carbocycles. The van der Waals surface area contributed by atoms with Gasteiger partial charge in [-0.3, -0.25) is 4.79 Å². The Morgan fingerprint density at radius 3 is 2.60 bits per heavy atom. The lowest BCUT2D eigenvalue weighted by Gasteiger charge is -2.35. The second kappa shape index (κ2) is 8.46. The number of benzene rings is 2. The average Bonchev–Trinajstić information content (AvgIpc) is 3.22. The molecule has 1 aliphatic heterocycles. The Labute approximate surface area is 183 Å². The number of amides is 1. The summed E-state index contributed by atoms with van der Waals surface area (Å²) in [6, 6.07) is 11.8. The molecule has 1 aliphatic rings. The first-order valence-electron chi connectivity index (χ1n) is 9.29. The highest BCUT2D eigenvalue weighted by Crippen LogP contribution is 2.25. The molecule has 1 fully saturated rings. The summed E-state index contributed by atoms with van der Waals surface area (Å²) in [5.41, 5.74) is 0.937. The number of fused-ring (bicyclic) bond motifs is 1. The Morgan fingerprint density at radius 1 is 1.13 bits per heavy atom. The summed E-state index contributed by atoms with van der Waals surface area (Å²) in [5.74, 6) is 0.312. The Hall–Kier alpha value is -2.27. The van der Waals surface area contributed by atoms with Crippen molar-refractivity contribution in [2.75, 3.05) is 26.2 Å². The molecule has 11 heteroatoms. The number of piperazine rings is 1. The standard InChI is InChI=1S/C19H19ClN4O4S2/c1-13(28-15-5-2-4-14(20)12-15)19(25)23-8-10-24(11-9-23)30(26,27)17-7-3-6-16-18(17)22-29-21-16/h2-7,12-13H,8-11H2,1H3/t13-/m1/s1. The predicted octanol–water partition coefficient (Wildman–Crippen LogP) is 2.65. The fourth-order valence-corrected chi connectivity index (χ4v) is 5.68. The van der Waals surface area contributed by atoms with Crippen molar-refractivity contribution in [1.29, 1.82) is 0 Å². The zero-order chi connectivity index (χ0) is 21.3. The molecule has 4 rings (SSSR count). The van der Waals surface area contributed by atoms with Crippen LogP contribution in [0.3, 0.4) is 0 Å². The lowest BCUT2D eigenvalue weighted by atomic mass is 10.2. The van der Waals surface area contributed by atoms with Gasteiger partial charge in [0, 0.05) is 31.2 Å². The van der Waals surface area contributed by atoms with E-state index < -0.39 is 16.1 Å². The summed E-state index contributed by atoms with van der Waals surface area (Å²) in [6.45, 7) is 2.64. The van der Waals surface area contributed by atoms with Crippen LogP contribution in [-0.4, -0.2) is 64.6 Å². The summed E-state index contributed by atoms with van der Waals surface area (Å²) in [5, 5.41) is 0.524. The topological polar surface area (TPSA) is 92.7 Å². The molecule has 1 atom stereocenters. The third-order valence-electron chi connectivity index (χ3n) is 4.87. The number of carbonyl (C=O) groups is 1. The van der Waals surface area contributed by atoms with Gasteiger partial charge in [-0.1, -0.05) is 23.7 Å². The minimum Gasteiger partial charge on any atom is -0.481 e. The summed E-state index contributed by atoms with van der Waals surface area (Å²) in [4.78, 5) is 14.5. The Morgan fingerprint density at radius 2 is 1.87 bits per heavy atom. The summed E-state index contributed by atoms with van der Waals surface area (Å²) >= 11 is 6.93. The molecule has 0 spiro atoms. The van der Waals surface area contributed by atoms with Crippen molar-refractivity contribution in [2.45, 2.75) is 17.9 Å². The van der Waals surface area contributed by atoms with E-state index in [9.17, 15) is 13.2 Å². The van der Waals surface area contributed by atoms with Gasteiger partial charge in [0.05, 0.1) is 11.7 Å². The molecule has 0 unspecified atom stereocenters. The highest BCUT2D eigenvalue weighted by Gasteiger charge is 2.33. The molecular weight excluding hydrogens is 448 g/mol. The van der Waals surface area contributed by atoms with E-state index in [2.05, 4.69) is 8.75 Å². The van der Waals surface area contributed by atoms with E-state index in [4.69, 9.17) is 16.3 Å². The summed E-state index contributed by atoms with van der Waals surface area (Å²) in [6.07, 6.45) is -0.707. The second-order valence-electron chi connectivity index (χ2n) is 6.83. The Balaban J connectivity index is 1.42. The maximum Gasteiger partial charge on any atom is 0.263 e. The van der Waals surface area contributed by atoms with Crippen LogP contribution >= 0.6 is 23.3 Å². The molecule has 30 heavy (non-hydrogen) atoms. The van der Waals surface area contributed by atoms with Gasteiger partial charge in [-0.05, 0) is 37.3 Å². The maximum atomic E-state index is 13.1. The lowest BCUT2D eigenvalue weighted by Crippen LogP contribution is -2.53. The molecule has 0 aliphatic carbocycles. The van der Waals surface area contributed by atoms with Crippen LogP contribution in [0.25, 0.3) is 11.0 Å². The van der Waals surface area contributed by atoms with Crippen molar-refractivity contribution < 1.29 is 17.9 Å². The summed E-state index contributed by atoms with van der Waals surface area (Å²) < 4.78 is 41.5. The molecule has 1 saturated heterocycles. The molecule has 0 N–H and O–H groups in total. The largest absolute Gasteiger partial charge is 0.481 e. The Kier molecular flexibility index (Phi) is 5.92. The van der Waals surface area contributed by atoms with Gasteiger partial charge in [0.1, 0.15) is 21.7 Å². The predicted molar refractivity (Wildman–Crippen MR) is 114 cm³/mol. The van der Waals surface area contributed by atoms with Crippen LogP contribution in [0.2, 0.25) is 5.02 Å². The number of ether oxygens (including phenoxy) is 1. The van der Waals surface area contributed by atoms with E-state index in [0.717, 1.165) is 11.7 Å². The van der Waals surface area contributed by atoms with E-state index in [-0.39, 0.29) is 37.0 Å². The first-order valence-corrected chi connectivity index (χ1v) is 11.8. The van der Waals surface area contributed by atoms with Gasteiger partial charge in [-0.15, -0.1) is 0 Å². The molecular formula is C19H19ClN4O4S2. The van der Waals surface area contributed by atoms with Gasteiger partial charge in [-0.25, -0.2) is 8.42 Å². The van der Waals surface area contributed by atoms with Crippen molar-refractivity contribution in [3.8, 4) is 5.75 Å². The number of hydrogen-bond donors (Lipinski definition) is 0. The van der Waals surface area contributed by atoms with Crippen LogP contribution < -0.4 is 4.74 Å². The SMILES string of the molecule is C[C@@H](Oc1cccc(Cl)c1)C(=O)N1CCN(S(=O)(=O)c2cccc3nsnc23)CC1. The highest BCUT2D eigenvalue weighted by atomic mass is 35.5. The number of nitrogens with zero attached hydrogens (tertiary/aromatic N) is 4. The number of halogens is 1. The van der Waals surface area contributed by atoms with E-state index >= 15 is 0 Å². The molecule has 158 valence electrons. The van der Waals surface area contributed by atoms with Crippen molar-refractivity contribution in [3.05, 3.63) is 47.5 Å². The van der Waals surface area contributed by atoms with E-state index in [1.807, 2.05) is 0 Å². The molecule has 1 amide bonds. The zero-order valence-corrected chi connectivity index (χ0v) is 18.5. The number of rotatable bonds is 5. The smallest absolute Gasteiger partial charge is 0.263 e. The molecule has 1 aromatic heterocycles. The van der Waals surface area contributed by atoms with Gasteiger partial charge in [-0.2, -0.15) is 13.1 Å². The van der Waals surface area contributed by atoms with E-state index in [1.165, 1.54) is 10.4 Å². The highest BCUT2D eigenvalue weighted by molar-refractivity contribution is 7.89. The van der Waals surface area contributed by atoms with Gasteiger partial charge in [0.2, 0.25) is 10.0 Å². The molecule has 3 aromatic rings. The molecule has 8 nitrogen and oxygen atoms in total. The average molecular weight is 467 g/mol. The molecule has 0 radical (unpaired) electrons. The Bertz CT molecular complexity index is 1180. The van der Waals surface area contributed by atoms with Crippen LogP contribution in [0.15, 0.2) is 47.4 Å². The quantitative estimate of drug-likeness (QED) is 0.574. The van der Waals surface area contributed by atoms with Crippen LogP contribution in [-0.2, 0) is 14.8 Å². The molecule has 0 saturated carbocycles. The van der Waals surface area contributed by atoms with Crippen LogP contribution in [0.5, 0.6) is 5.75 Å². The first-order chi connectivity index (χ1) is 14.4. The molecule has 0 bridgehead atoms. The van der Waals surface area contributed by atoms with Gasteiger partial charge in [0.25, 0.3) is 5.91 Å². The summed E-state index contributed by atoms with van der Waals surface area (Å²) in [7, 11) is -3.73. The number of aromatic nitrogens is 2. The van der Waals surface area contributed by atoms with Gasteiger partial charge >= 0.3 is 0 Å². The fourth-order valence-electron chi connectivity index (χ4n) is 3.33. The number of carbonyl (C=O) groups excluding carboxylic acids is 1. The fraction of sp³-hybridized carbons (Fsp3) is 0.316. The van der Waals surface area contributed by atoms with Crippen LogP contribution in [0.4, 0.5) is 0 Å². The number of hydrogen-bond acceptors (Lipinski definition) is 7. The van der Waals surface area contributed by atoms with Crippen molar-refractivity contribution in [1.82, 2.24) is 18.0 Å². The minimum absolute atomic E-state index is 0.145. The number of sulfonamides is 1. The third kappa shape index (κ3) is 4.13. The second-order valence-corrected chi connectivity index (χ2v) is 9.71. The maximum absolute atomic E-state index is 13.1. The lowest BCUT2D eigenvalue weighted by molar-refractivity contribution is -0.139. The van der Waals surface area contributed by atoms with E-state index in [0.29, 0.717) is 21.8 Å². The van der Waals surface area contributed by atoms with Crippen LogP contribution in [0.1, 0.15) is 6.92 Å². The van der Waals surface area contributed by atoms with Crippen LogP contribution in [0, 0.1) is 0 Å². The van der Waals surface area contributed by atoms with Crippen molar-refractivity contribution in [3.63, 3.8) is 0 Å². The third-order valence-corrected chi connectivity index (χ3v) is 7.58. The van der Waals surface area contributed by atoms with E-state index in [1.54, 1.807) is 48.2 Å². The zero-order valence-electron chi connectivity index (χ0n) is 16.1. The minimum atomic E-state index is -3.73. The normalized spacial score (nSPS) is 16.5.